The lowest BCUT2D eigenvalue weighted by molar-refractivity contribution is 0.449. The van der Waals surface area contributed by atoms with Crippen LogP contribution in [0.15, 0.2) is 41.3 Å². The summed E-state index contributed by atoms with van der Waals surface area (Å²) in [5.41, 5.74) is 0.836. The summed E-state index contributed by atoms with van der Waals surface area (Å²) in [5, 5.41) is 4.10. The Labute approximate surface area is 134 Å². The molecule has 0 spiro atoms. The maximum Gasteiger partial charge on any atom is 0.219 e. The van der Waals surface area contributed by atoms with Gasteiger partial charge in [-0.3, -0.25) is 0 Å². The Morgan fingerprint density at radius 2 is 2.10 bits per heavy atom. The lowest BCUT2D eigenvalue weighted by Crippen LogP contribution is -2.16. The summed E-state index contributed by atoms with van der Waals surface area (Å²) in [7, 11) is 0. The second kappa shape index (κ2) is 6.69. The van der Waals surface area contributed by atoms with Gasteiger partial charge >= 0.3 is 0 Å². The van der Waals surface area contributed by atoms with E-state index in [-0.39, 0.29) is 0 Å². The van der Waals surface area contributed by atoms with Gasteiger partial charge in [-0.2, -0.15) is 0 Å². The maximum absolute atomic E-state index is 6.20. The zero-order valence-corrected chi connectivity index (χ0v) is 13.4. The van der Waals surface area contributed by atoms with Crippen molar-refractivity contribution in [2.24, 2.45) is 0 Å². The number of halogens is 1. The van der Waals surface area contributed by atoms with E-state index in [2.05, 4.69) is 10.3 Å². The minimum absolute atomic E-state index is 0.577. The highest BCUT2D eigenvalue weighted by Gasteiger charge is 2.20. The lowest BCUT2D eigenvalue weighted by atomic mass is 10.3. The molecule has 1 heterocycles. The summed E-state index contributed by atoms with van der Waals surface area (Å²) in [6.07, 6.45) is 4.52. The summed E-state index contributed by atoms with van der Waals surface area (Å²) in [6.45, 7) is 0.685. The molecule has 3 rings (SSSR count). The first-order valence-corrected chi connectivity index (χ1v) is 8.56. The second-order valence-corrected chi connectivity index (χ2v) is 6.24. The molecule has 1 aromatic heterocycles. The average molecular weight is 321 g/mol. The summed E-state index contributed by atoms with van der Waals surface area (Å²) in [4.78, 5) is 5.61. The molecule has 2 aromatic rings. The first-order valence-electron chi connectivity index (χ1n) is 6.96. The molecule has 0 unspecified atom stereocenters. The van der Waals surface area contributed by atoms with Crippen LogP contribution >= 0.6 is 23.4 Å². The van der Waals surface area contributed by atoms with Crippen LogP contribution in [-0.2, 0) is 6.54 Å². The summed E-state index contributed by atoms with van der Waals surface area (Å²) >= 11 is 7.85. The van der Waals surface area contributed by atoms with Crippen molar-refractivity contribution < 1.29 is 4.74 Å². The van der Waals surface area contributed by atoms with E-state index in [0.29, 0.717) is 23.5 Å². The topological polar surface area (TPSA) is 34.1 Å². The van der Waals surface area contributed by atoms with Gasteiger partial charge in [0.1, 0.15) is 5.75 Å². The van der Waals surface area contributed by atoms with Crippen molar-refractivity contribution in [3.63, 3.8) is 0 Å². The molecule has 3 nitrogen and oxygen atoms in total. The van der Waals surface area contributed by atoms with Crippen molar-refractivity contribution in [2.45, 2.75) is 30.3 Å². The molecule has 21 heavy (non-hydrogen) atoms. The van der Waals surface area contributed by atoms with Crippen LogP contribution in [0.3, 0.4) is 0 Å². The highest BCUT2D eigenvalue weighted by atomic mass is 35.5. The summed E-state index contributed by atoms with van der Waals surface area (Å²) in [5.74, 6) is 1.40. The van der Waals surface area contributed by atoms with Crippen LogP contribution in [0.4, 0.5) is 0 Å². The third-order valence-electron chi connectivity index (χ3n) is 3.31. The lowest BCUT2D eigenvalue weighted by Gasteiger charge is -2.11. The molecule has 0 amide bonds. The molecular formula is C16H17ClN2OS. The Kier molecular flexibility index (Phi) is 4.68. The fourth-order valence-corrected chi connectivity index (χ4v) is 2.69. The molecule has 1 N–H and O–H groups in total. The van der Waals surface area contributed by atoms with E-state index in [1.165, 1.54) is 12.8 Å². The Morgan fingerprint density at radius 1 is 1.29 bits per heavy atom. The average Bonchev–Trinajstić information content (AvgIpc) is 3.32. The van der Waals surface area contributed by atoms with E-state index in [1.807, 2.05) is 36.6 Å². The van der Waals surface area contributed by atoms with Gasteiger partial charge < -0.3 is 10.1 Å². The molecule has 0 bridgehead atoms. The number of thioether (sulfide) groups is 1. The van der Waals surface area contributed by atoms with Gasteiger partial charge in [0, 0.05) is 23.5 Å². The largest absolute Gasteiger partial charge is 0.438 e. The standard InChI is InChI=1S/C16H17ClN2OS/c1-21-15-5-3-2-4-14(15)20-16-9-8-12(17)13(19-16)10-18-11-6-7-11/h2-5,8-9,11,18H,6-7,10H2,1H3. The third-order valence-corrected chi connectivity index (χ3v) is 4.43. The van der Waals surface area contributed by atoms with Gasteiger partial charge in [-0.05, 0) is 37.3 Å². The van der Waals surface area contributed by atoms with Crippen molar-refractivity contribution in [3.05, 3.63) is 47.1 Å². The molecule has 1 aliphatic rings. The fraction of sp³-hybridized carbons (Fsp3) is 0.312. The van der Waals surface area contributed by atoms with Crippen molar-refractivity contribution in [3.8, 4) is 11.6 Å². The molecule has 110 valence electrons. The Hall–Kier alpha value is -1.23. The zero-order valence-electron chi connectivity index (χ0n) is 11.8. The zero-order chi connectivity index (χ0) is 14.7. The Bertz CT molecular complexity index is 631. The number of aromatic nitrogens is 1. The number of ether oxygens (including phenoxy) is 1. The monoisotopic (exact) mass is 320 g/mol. The minimum atomic E-state index is 0.577. The van der Waals surface area contributed by atoms with Crippen LogP contribution in [0, 0.1) is 0 Å². The van der Waals surface area contributed by atoms with Gasteiger partial charge in [-0.15, -0.1) is 11.8 Å². The Balaban J connectivity index is 1.76. The summed E-state index contributed by atoms with van der Waals surface area (Å²) < 4.78 is 5.90. The number of hydrogen-bond acceptors (Lipinski definition) is 4. The quantitative estimate of drug-likeness (QED) is 0.795. The first kappa shape index (κ1) is 14.7. The predicted molar refractivity (Wildman–Crippen MR) is 87.4 cm³/mol. The van der Waals surface area contributed by atoms with Gasteiger partial charge in [0.15, 0.2) is 0 Å². The molecule has 0 saturated heterocycles. The van der Waals surface area contributed by atoms with Gasteiger partial charge in [0.25, 0.3) is 0 Å². The highest BCUT2D eigenvalue weighted by molar-refractivity contribution is 7.98. The van der Waals surface area contributed by atoms with Crippen LogP contribution in [-0.4, -0.2) is 17.3 Å². The molecule has 0 atom stereocenters. The van der Waals surface area contributed by atoms with E-state index < -0.39 is 0 Å². The molecule has 1 fully saturated rings. The van der Waals surface area contributed by atoms with Gasteiger partial charge in [0.05, 0.1) is 10.7 Å². The van der Waals surface area contributed by atoms with E-state index in [0.717, 1.165) is 16.3 Å². The molecule has 5 heteroatoms. The second-order valence-electron chi connectivity index (χ2n) is 4.99. The maximum atomic E-state index is 6.20. The number of rotatable bonds is 6. The van der Waals surface area contributed by atoms with Crippen molar-refractivity contribution >= 4 is 23.4 Å². The van der Waals surface area contributed by atoms with E-state index >= 15 is 0 Å². The van der Waals surface area contributed by atoms with Crippen LogP contribution in [0.5, 0.6) is 11.6 Å². The Morgan fingerprint density at radius 3 is 2.86 bits per heavy atom. The predicted octanol–water partition coefficient (Wildman–Crippen LogP) is 4.50. The third kappa shape index (κ3) is 3.90. The minimum Gasteiger partial charge on any atom is -0.438 e. The number of pyridine rings is 1. The summed E-state index contributed by atoms with van der Waals surface area (Å²) in [6, 6.07) is 12.2. The number of para-hydroxylation sites is 1. The molecule has 0 radical (unpaired) electrons. The van der Waals surface area contributed by atoms with E-state index in [4.69, 9.17) is 16.3 Å². The molecule has 1 aliphatic carbocycles. The molecular weight excluding hydrogens is 304 g/mol. The van der Waals surface area contributed by atoms with Crippen molar-refractivity contribution in [1.29, 1.82) is 0 Å². The van der Waals surface area contributed by atoms with Gasteiger partial charge in [-0.25, -0.2) is 4.98 Å². The normalized spacial score (nSPS) is 14.2. The van der Waals surface area contributed by atoms with Crippen LogP contribution < -0.4 is 10.1 Å². The fourth-order valence-electron chi connectivity index (χ4n) is 1.99. The molecule has 0 aliphatic heterocycles. The first-order chi connectivity index (χ1) is 10.3. The highest BCUT2D eigenvalue weighted by Crippen LogP contribution is 2.31. The number of benzene rings is 1. The van der Waals surface area contributed by atoms with E-state index in [9.17, 15) is 0 Å². The van der Waals surface area contributed by atoms with E-state index in [1.54, 1.807) is 17.8 Å². The van der Waals surface area contributed by atoms with Crippen LogP contribution in [0.1, 0.15) is 18.5 Å². The van der Waals surface area contributed by atoms with Crippen molar-refractivity contribution in [2.75, 3.05) is 6.26 Å². The SMILES string of the molecule is CSc1ccccc1Oc1ccc(Cl)c(CNC2CC2)n1. The molecule has 1 aromatic carbocycles. The smallest absolute Gasteiger partial charge is 0.219 e. The van der Waals surface area contributed by atoms with Gasteiger partial charge in [-0.1, -0.05) is 23.7 Å². The number of nitrogens with zero attached hydrogens (tertiary/aromatic N) is 1. The number of hydrogen-bond donors (Lipinski definition) is 1. The van der Waals surface area contributed by atoms with Gasteiger partial charge in [0.2, 0.25) is 5.88 Å². The van der Waals surface area contributed by atoms with Crippen molar-refractivity contribution in [1.82, 2.24) is 10.3 Å². The number of nitrogens with one attached hydrogen (secondary N) is 1. The molecule has 1 saturated carbocycles. The van der Waals surface area contributed by atoms with Crippen LogP contribution in [0.25, 0.3) is 0 Å². The van der Waals surface area contributed by atoms with Crippen LogP contribution in [0.2, 0.25) is 5.02 Å².